The molecular weight excluding hydrogens is 286 g/mol. The molecule has 0 aliphatic carbocycles. The molecule has 0 saturated carbocycles. The van der Waals surface area contributed by atoms with Gasteiger partial charge in [0.15, 0.2) is 0 Å². The van der Waals surface area contributed by atoms with Crippen LogP contribution in [0.1, 0.15) is 38.8 Å². The van der Waals surface area contributed by atoms with E-state index < -0.39 is 12.0 Å². The van der Waals surface area contributed by atoms with Crippen molar-refractivity contribution in [3.8, 4) is 0 Å². The van der Waals surface area contributed by atoms with Crippen molar-refractivity contribution in [1.29, 1.82) is 0 Å². The molecule has 0 aliphatic rings. The zero-order chi connectivity index (χ0) is 17.5. The van der Waals surface area contributed by atoms with Crippen molar-refractivity contribution in [2.45, 2.75) is 40.2 Å². The molecule has 0 amide bonds. The number of nitrogens with one attached hydrogen (secondary N) is 1. The number of aliphatic carboxylic acids is 1. The smallest absolute Gasteiger partial charge is 0.320 e. The maximum absolute atomic E-state index is 10.0. The van der Waals surface area contributed by atoms with E-state index in [0.717, 1.165) is 6.42 Å². The maximum atomic E-state index is 10.0. The third-order valence-electron chi connectivity index (χ3n) is 2.97. The summed E-state index contributed by atoms with van der Waals surface area (Å²) in [5.74, 6) is -0.799. The summed E-state index contributed by atoms with van der Waals surface area (Å²) in [6, 6.07) is 20.6. The van der Waals surface area contributed by atoms with Gasteiger partial charge in [-0.25, -0.2) is 0 Å². The minimum absolute atomic E-state index is 0.417. The maximum Gasteiger partial charge on any atom is 0.320 e. The van der Waals surface area contributed by atoms with Crippen LogP contribution in [-0.2, 0) is 11.2 Å². The molecule has 0 aromatic heterocycles. The van der Waals surface area contributed by atoms with Gasteiger partial charge in [0.05, 0.1) is 0 Å². The first-order valence-electron chi connectivity index (χ1n) is 8.17. The van der Waals surface area contributed by atoms with E-state index in [9.17, 15) is 4.79 Å². The SMILES string of the molecule is CC.CCN[C@H](C)C(=O)O.c1ccc(Cc2ccccc2)cc1. The van der Waals surface area contributed by atoms with Gasteiger partial charge in [-0.15, -0.1) is 0 Å². The molecule has 1 atom stereocenters. The van der Waals surface area contributed by atoms with E-state index in [1.807, 2.05) is 20.8 Å². The topological polar surface area (TPSA) is 49.3 Å². The molecule has 0 fully saturated rings. The molecular formula is C20H29NO2. The quantitative estimate of drug-likeness (QED) is 0.861. The summed E-state index contributed by atoms with van der Waals surface area (Å²) in [6.07, 6.45) is 1.03. The van der Waals surface area contributed by atoms with E-state index in [4.69, 9.17) is 5.11 Å². The summed E-state index contributed by atoms with van der Waals surface area (Å²) in [5, 5.41) is 11.0. The molecule has 0 bridgehead atoms. The molecule has 23 heavy (non-hydrogen) atoms. The van der Waals surface area contributed by atoms with Crippen LogP contribution in [0.2, 0.25) is 0 Å². The number of rotatable bonds is 5. The molecule has 0 saturated heterocycles. The van der Waals surface area contributed by atoms with Crippen LogP contribution in [0.4, 0.5) is 0 Å². The Labute approximate surface area is 140 Å². The van der Waals surface area contributed by atoms with E-state index >= 15 is 0 Å². The number of likely N-dealkylation sites (N-methyl/N-ethyl adjacent to an activating group) is 1. The van der Waals surface area contributed by atoms with Gasteiger partial charge in [-0.05, 0) is 31.0 Å². The molecule has 0 radical (unpaired) electrons. The van der Waals surface area contributed by atoms with Crippen molar-refractivity contribution in [3.05, 3.63) is 71.8 Å². The summed E-state index contributed by atoms with van der Waals surface area (Å²) in [5.41, 5.74) is 2.74. The standard InChI is InChI=1S/C13H12.C5H11NO2.C2H6/c1-3-7-12(8-4-1)11-13-9-5-2-6-10-13;1-3-6-4(2)5(7)8;1-2/h1-10H,11H2;4,6H,3H2,1-2H3,(H,7,8);1-2H3/t;4-;/m.1./s1. The van der Waals surface area contributed by atoms with Gasteiger partial charge in [0.2, 0.25) is 0 Å². The third-order valence-corrected chi connectivity index (χ3v) is 2.97. The fraction of sp³-hybridized carbons (Fsp3) is 0.350. The van der Waals surface area contributed by atoms with Crippen LogP contribution < -0.4 is 5.32 Å². The molecule has 0 aliphatic heterocycles. The van der Waals surface area contributed by atoms with Gasteiger partial charge < -0.3 is 10.4 Å². The predicted molar refractivity (Wildman–Crippen MR) is 97.8 cm³/mol. The molecule has 126 valence electrons. The van der Waals surface area contributed by atoms with Crippen molar-refractivity contribution >= 4 is 5.97 Å². The van der Waals surface area contributed by atoms with Gasteiger partial charge in [-0.2, -0.15) is 0 Å². The summed E-state index contributed by atoms with van der Waals surface area (Å²) in [4.78, 5) is 10.0. The number of benzene rings is 2. The van der Waals surface area contributed by atoms with Crippen LogP contribution in [0.3, 0.4) is 0 Å². The number of hydrogen-bond donors (Lipinski definition) is 2. The fourth-order valence-electron chi connectivity index (χ4n) is 1.82. The average molecular weight is 315 g/mol. The van der Waals surface area contributed by atoms with Gasteiger partial charge in [-0.1, -0.05) is 81.4 Å². The van der Waals surface area contributed by atoms with E-state index in [2.05, 4.69) is 66.0 Å². The van der Waals surface area contributed by atoms with Crippen molar-refractivity contribution in [1.82, 2.24) is 5.32 Å². The second-order valence-corrected chi connectivity index (χ2v) is 4.77. The molecule has 0 heterocycles. The third kappa shape index (κ3) is 10.3. The second-order valence-electron chi connectivity index (χ2n) is 4.77. The van der Waals surface area contributed by atoms with E-state index in [1.54, 1.807) is 6.92 Å². The highest BCUT2D eigenvalue weighted by atomic mass is 16.4. The highest BCUT2D eigenvalue weighted by Crippen LogP contribution is 2.07. The van der Waals surface area contributed by atoms with Gasteiger partial charge in [0.25, 0.3) is 0 Å². The number of hydrogen-bond acceptors (Lipinski definition) is 2. The largest absolute Gasteiger partial charge is 0.480 e. The monoisotopic (exact) mass is 315 g/mol. The van der Waals surface area contributed by atoms with Gasteiger partial charge in [0, 0.05) is 0 Å². The Morgan fingerprint density at radius 3 is 1.61 bits per heavy atom. The molecule has 2 aromatic carbocycles. The fourth-order valence-corrected chi connectivity index (χ4v) is 1.82. The summed E-state index contributed by atoms with van der Waals surface area (Å²) < 4.78 is 0. The van der Waals surface area contributed by atoms with Crippen molar-refractivity contribution in [2.24, 2.45) is 0 Å². The number of carboxylic acids is 1. The van der Waals surface area contributed by atoms with E-state index in [-0.39, 0.29) is 0 Å². The summed E-state index contributed by atoms with van der Waals surface area (Å²) in [6.45, 7) is 8.19. The Balaban J connectivity index is 0.000000421. The summed E-state index contributed by atoms with van der Waals surface area (Å²) >= 11 is 0. The number of carbonyl (C=O) groups is 1. The van der Waals surface area contributed by atoms with E-state index in [0.29, 0.717) is 6.54 Å². The lowest BCUT2D eigenvalue weighted by atomic mass is 10.1. The lowest BCUT2D eigenvalue weighted by Gasteiger charge is -2.03. The van der Waals surface area contributed by atoms with Crippen molar-refractivity contribution < 1.29 is 9.90 Å². The van der Waals surface area contributed by atoms with Crippen molar-refractivity contribution in [2.75, 3.05) is 6.54 Å². The van der Waals surface area contributed by atoms with Crippen LogP contribution in [0.15, 0.2) is 60.7 Å². The van der Waals surface area contributed by atoms with Gasteiger partial charge in [-0.3, -0.25) is 4.79 Å². The van der Waals surface area contributed by atoms with Crippen LogP contribution in [0.25, 0.3) is 0 Å². The van der Waals surface area contributed by atoms with Crippen LogP contribution in [0.5, 0.6) is 0 Å². The summed E-state index contributed by atoms with van der Waals surface area (Å²) in [7, 11) is 0. The zero-order valence-corrected chi connectivity index (χ0v) is 14.6. The number of carboxylic acid groups (broad SMARTS) is 1. The minimum Gasteiger partial charge on any atom is -0.480 e. The van der Waals surface area contributed by atoms with Crippen LogP contribution in [0, 0.1) is 0 Å². The van der Waals surface area contributed by atoms with Crippen molar-refractivity contribution in [3.63, 3.8) is 0 Å². The molecule has 3 nitrogen and oxygen atoms in total. The van der Waals surface area contributed by atoms with Gasteiger partial charge in [0.1, 0.15) is 6.04 Å². The second kappa shape index (κ2) is 13.5. The Bertz CT molecular complexity index is 474. The lowest BCUT2D eigenvalue weighted by molar-refractivity contribution is -0.138. The molecule has 3 heteroatoms. The Hall–Kier alpha value is -2.13. The normalized spacial score (nSPS) is 10.4. The predicted octanol–water partition coefficient (Wildman–Crippen LogP) is 4.37. The Morgan fingerprint density at radius 1 is 0.957 bits per heavy atom. The highest BCUT2D eigenvalue weighted by Gasteiger charge is 2.06. The lowest BCUT2D eigenvalue weighted by Crippen LogP contribution is -2.33. The first-order valence-corrected chi connectivity index (χ1v) is 8.17. The molecule has 2 aromatic rings. The Kier molecular flexibility index (Phi) is 12.3. The molecule has 2 N–H and O–H groups in total. The first-order chi connectivity index (χ1) is 11.1. The molecule has 0 unspecified atom stereocenters. The van der Waals surface area contributed by atoms with Crippen LogP contribution >= 0.6 is 0 Å². The van der Waals surface area contributed by atoms with Gasteiger partial charge >= 0.3 is 5.97 Å². The average Bonchev–Trinajstić information content (AvgIpc) is 2.59. The highest BCUT2D eigenvalue weighted by molar-refractivity contribution is 5.72. The van der Waals surface area contributed by atoms with Crippen LogP contribution in [-0.4, -0.2) is 23.7 Å². The molecule has 0 spiro atoms. The minimum atomic E-state index is -0.799. The first kappa shape index (κ1) is 20.9. The van der Waals surface area contributed by atoms with E-state index in [1.165, 1.54) is 11.1 Å². The Morgan fingerprint density at radius 2 is 1.35 bits per heavy atom. The molecule has 2 rings (SSSR count). The zero-order valence-electron chi connectivity index (χ0n) is 14.6.